The van der Waals surface area contributed by atoms with Crippen molar-refractivity contribution in [3.05, 3.63) is 0 Å². The Balaban J connectivity index is 2.40. The lowest BCUT2D eigenvalue weighted by molar-refractivity contribution is 0.157. The van der Waals surface area contributed by atoms with E-state index in [1.165, 1.54) is 19.3 Å². The van der Waals surface area contributed by atoms with Gasteiger partial charge in [-0.1, -0.05) is 20.8 Å². The van der Waals surface area contributed by atoms with Gasteiger partial charge in [0.1, 0.15) is 0 Å². The first-order chi connectivity index (χ1) is 4.98. The van der Waals surface area contributed by atoms with Gasteiger partial charge in [0.2, 0.25) is 0 Å². The zero-order valence-corrected chi connectivity index (χ0v) is 8.62. The summed E-state index contributed by atoms with van der Waals surface area (Å²) in [5, 5.41) is 0.663. The molecule has 11 heavy (non-hydrogen) atoms. The van der Waals surface area contributed by atoms with E-state index < -0.39 is 0 Å². The third-order valence-electron chi connectivity index (χ3n) is 4.75. The second kappa shape index (κ2) is 1.99. The van der Waals surface area contributed by atoms with Crippen LogP contribution in [-0.2, 0) is 0 Å². The zero-order valence-electron chi connectivity index (χ0n) is 7.72. The van der Waals surface area contributed by atoms with Gasteiger partial charge < -0.3 is 0 Å². The summed E-state index contributed by atoms with van der Waals surface area (Å²) in [6, 6.07) is 0. The number of hydrogen-bond acceptors (Lipinski definition) is 1. The van der Waals surface area contributed by atoms with Crippen LogP contribution in [0.1, 0.15) is 40.0 Å². The molecule has 1 heteroatoms. The van der Waals surface area contributed by atoms with E-state index in [1.807, 2.05) is 0 Å². The molecule has 2 rings (SSSR count). The van der Waals surface area contributed by atoms with Crippen LogP contribution in [0.15, 0.2) is 0 Å². The molecule has 0 radical (unpaired) electrons. The van der Waals surface area contributed by atoms with Crippen molar-refractivity contribution >= 4 is 12.6 Å². The van der Waals surface area contributed by atoms with Gasteiger partial charge in [-0.05, 0) is 36.0 Å². The van der Waals surface area contributed by atoms with Crippen molar-refractivity contribution in [3.8, 4) is 0 Å². The zero-order chi connectivity index (χ0) is 8.28. The van der Waals surface area contributed by atoms with Gasteiger partial charge in [-0.3, -0.25) is 0 Å². The molecule has 2 saturated carbocycles. The molecule has 0 aliphatic heterocycles. The largest absolute Gasteiger partial charge is 0.175 e. The lowest BCUT2D eigenvalue weighted by Crippen LogP contribution is -2.32. The monoisotopic (exact) mass is 170 g/mol. The van der Waals surface area contributed by atoms with Crippen LogP contribution in [0.5, 0.6) is 0 Å². The molecular weight excluding hydrogens is 152 g/mol. The van der Waals surface area contributed by atoms with Crippen LogP contribution in [0.25, 0.3) is 0 Å². The summed E-state index contributed by atoms with van der Waals surface area (Å²) in [5.74, 6) is 0.954. The number of rotatable bonds is 0. The molecule has 1 unspecified atom stereocenters. The lowest BCUT2D eigenvalue weighted by atomic mass is 9.71. The average molecular weight is 170 g/mol. The van der Waals surface area contributed by atoms with Gasteiger partial charge in [0.15, 0.2) is 0 Å². The number of hydrogen-bond donors (Lipinski definition) is 1. The fraction of sp³-hybridized carbons (Fsp3) is 1.00. The van der Waals surface area contributed by atoms with Crippen LogP contribution in [-0.4, -0.2) is 5.25 Å². The maximum Gasteiger partial charge on any atom is 0.00786 e. The summed E-state index contributed by atoms with van der Waals surface area (Å²) in [5.41, 5.74) is 1.08. The molecule has 2 bridgehead atoms. The molecule has 2 aliphatic carbocycles. The first-order valence-electron chi connectivity index (χ1n) is 4.66. The maximum absolute atomic E-state index is 4.70. The molecule has 0 amide bonds. The second-order valence-electron chi connectivity index (χ2n) is 5.13. The summed E-state index contributed by atoms with van der Waals surface area (Å²) in [6.45, 7) is 7.29. The summed E-state index contributed by atoms with van der Waals surface area (Å²) < 4.78 is 0. The SMILES string of the molecule is CC1(C)[C@@H]2CC[C@@]1(C)C(S)C2. The van der Waals surface area contributed by atoms with Crippen molar-refractivity contribution in [1.82, 2.24) is 0 Å². The molecule has 64 valence electrons. The third kappa shape index (κ3) is 0.734. The van der Waals surface area contributed by atoms with Crippen molar-refractivity contribution in [3.63, 3.8) is 0 Å². The molecule has 0 saturated heterocycles. The Morgan fingerprint density at radius 1 is 1.27 bits per heavy atom. The predicted octanol–water partition coefficient (Wildman–Crippen LogP) is 3.13. The highest BCUT2D eigenvalue weighted by Gasteiger charge is 2.60. The number of thiol groups is 1. The van der Waals surface area contributed by atoms with E-state index in [1.54, 1.807) is 0 Å². The Morgan fingerprint density at radius 3 is 2.09 bits per heavy atom. The molecule has 2 fully saturated rings. The van der Waals surface area contributed by atoms with Gasteiger partial charge in [-0.25, -0.2) is 0 Å². The second-order valence-corrected chi connectivity index (χ2v) is 5.75. The highest BCUT2D eigenvalue weighted by molar-refractivity contribution is 7.81. The normalized spacial score (nSPS) is 53.5. The quantitative estimate of drug-likeness (QED) is 0.531. The van der Waals surface area contributed by atoms with Gasteiger partial charge in [-0.15, -0.1) is 0 Å². The Hall–Kier alpha value is 0.350. The first kappa shape index (κ1) is 7.97. The van der Waals surface area contributed by atoms with Gasteiger partial charge in [-0.2, -0.15) is 12.6 Å². The van der Waals surface area contributed by atoms with Gasteiger partial charge >= 0.3 is 0 Å². The van der Waals surface area contributed by atoms with Crippen LogP contribution in [0.3, 0.4) is 0 Å². The molecular formula is C10H18S. The lowest BCUT2D eigenvalue weighted by Gasteiger charge is -2.37. The summed E-state index contributed by atoms with van der Waals surface area (Å²) in [6.07, 6.45) is 4.20. The molecule has 0 nitrogen and oxygen atoms in total. The number of fused-ring (bicyclic) bond motifs is 2. The first-order valence-corrected chi connectivity index (χ1v) is 5.18. The van der Waals surface area contributed by atoms with E-state index in [0.717, 1.165) is 5.92 Å². The van der Waals surface area contributed by atoms with Crippen molar-refractivity contribution in [1.29, 1.82) is 0 Å². The van der Waals surface area contributed by atoms with E-state index in [2.05, 4.69) is 20.8 Å². The maximum atomic E-state index is 4.70. The average Bonchev–Trinajstić information content (AvgIpc) is 2.20. The van der Waals surface area contributed by atoms with E-state index >= 15 is 0 Å². The van der Waals surface area contributed by atoms with Gasteiger partial charge in [0.05, 0.1) is 0 Å². The summed E-state index contributed by atoms with van der Waals surface area (Å²) >= 11 is 4.70. The van der Waals surface area contributed by atoms with Gasteiger partial charge in [0, 0.05) is 5.25 Å². The highest BCUT2D eigenvalue weighted by Crippen LogP contribution is 2.66. The van der Waals surface area contributed by atoms with E-state index in [-0.39, 0.29) is 0 Å². The molecule has 0 heterocycles. The van der Waals surface area contributed by atoms with Crippen LogP contribution in [0.2, 0.25) is 0 Å². The van der Waals surface area contributed by atoms with Crippen molar-refractivity contribution in [2.45, 2.75) is 45.3 Å². The van der Waals surface area contributed by atoms with Crippen molar-refractivity contribution in [2.75, 3.05) is 0 Å². The molecule has 0 aromatic carbocycles. The molecule has 2 aliphatic rings. The van der Waals surface area contributed by atoms with Crippen LogP contribution < -0.4 is 0 Å². The molecule has 0 N–H and O–H groups in total. The molecule has 0 aromatic rings. The van der Waals surface area contributed by atoms with Crippen LogP contribution in [0, 0.1) is 16.7 Å². The minimum atomic E-state index is 0.529. The van der Waals surface area contributed by atoms with E-state index in [0.29, 0.717) is 16.1 Å². The fourth-order valence-electron chi connectivity index (χ4n) is 3.16. The highest BCUT2D eigenvalue weighted by atomic mass is 32.1. The summed E-state index contributed by atoms with van der Waals surface area (Å²) in [4.78, 5) is 0. The minimum absolute atomic E-state index is 0.529. The molecule has 0 spiro atoms. The van der Waals surface area contributed by atoms with E-state index in [4.69, 9.17) is 12.6 Å². The minimum Gasteiger partial charge on any atom is -0.175 e. The Morgan fingerprint density at radius 2 is 1.91 bits per heavy atom. The fourth-order valence-corrected chi connectivity index (χ4v) is 3.88. The standard InChI is InChI=1S/C10H18S/c1-9(2)7-4-5-10(9,3)8(11)6-7/h7-8,11H,4-6H2,1-3H3/t7-,8?,10+/m1/s1. The smallest absolute Gasteiger partial charge is 0.00786 e. The third-order valence-corrected chi connectivity index (χ3v) is 5.53. The Bertz CT molecular complexity index is 185. The van der Waals surface area contributed by atoms with Crippen LogP contribution >= 0.6 is 12.6 Å². The van der Waals surface area contributed by atoms with Crippen molar-refractivity contribution in [2.24, 2.45) is 16.7 Å². The summed E-state index contributed by atoms with van der Waals surface area (Å²) in [7, 11) is 0. The van der Waals surface area contributed by atoms with Crippen molar-refractivity contribution < 1.29 is 0 Å². The molecule has 3 atom stereocenters. The van der Waals surface area contributed by atoms with Crippen LogP contribution in [0.4, 0.5) is 0 Å². The Kier molecular flexibility index (Phi) is 1.44. The predicted molar refractivity (Wildman–Crippen MR) is 52.0 cm³/mol. The Labute approximate surface area is 75.2 Å². The molecule has 0 aromatic heterocycles. The topological polar surface area (TPSA) is 0 Å². The van der Waals surface area contributed by atoms with Gasteiger partial charge in [0.25, 0.3) is 0 Å². The van der Waals surface area contributed by atoms with E-state index in [9.17, 15) is 0 Å².